The largest absolute Gasteiger partial charge is 0.481 e. The number of carboxylic acids is 1. The minimum atomic E-state index is -0.985. The number of aromatic nitrogens is 2. The first kappa shape index (κ1) is 26.6. The van der Waals surface area contributed by atoms with Crippen LogP contribution in [-0.2, 0) is 9.59 Å². The first-order valence-electron chi connectivity index (χ1n) is 13.4. The van der Waals surface area contributed by atoms with Gasteiger partial charge >= 0.3 is 5.97 Å². The number of benzene rings is 2. The Balaban J connectivity index is 1.53. The van der Waals surface area contributed by atoms with Crippen molar-refractivity contribution in [1.29, 1.82) is 0 Å². The second kappa shape index (κ2) is 11.4. The highest BCUT2D eigenvalue weighted by Gasteiger charge is 2.36. The Morgan fingerprint density at radius 3 is 2.32 bits per heavy atom. The second-order valence-electron chi connectivity index (χ2n) is 10.7. The Hall–Kier alpha value is -3.00. The van der Waals surface area contributed by atoms with Crippen LogP contribution in [0.1, 0.15) is 70.3 Å². The van der Waals surface area contributed by atoms with Crippen molar-refractivity contribution in [2.75, 3.05) is 0 Å². The number of imidazole rings is 1. The van der Waals surface area contributed by atoms with E-state index in [0.717, 1.165) is 69.9 Å². The number of amides is 1. The molecular weight excluding hydrogens is 512 g/mol. The lowest BCUT2D eigenvalue weighted by Gasteiger charge is -2.34. The Morgan fingerprint density at radius 2 is 1.66 bits per heavy atom. The molecule has 2 saturated carbocycles. The molecule has 0 aliphatic heterocycles. The Morgan fingerprint density at radius 1 is 1.00 bits per heavy atom. The van der Waals surface area contributed by atoms with Crippen LogP contribution < -0.4 is 5.32 Å². The van der Waals surface area contributed by atoms with Crippen LogP contribution in [0, 0.1) is 23.5 Å². The molecule has 2 fully saturated rings. The quantitative estimate of drug-likeness (QED) is 0.339. The lowest BCUT2D eigenvalue weighted by molar-refractivity contribution is -0.138. The molecule has 0 bridgehead atoms. The number of hydrogen-bond acceptors (Lipinski definition) is 3. The summed E-state index contributed by atoms with van der Waals surface area (Å²) in [5, 5.41) is 12.9. The topological polar surface area (TPSA) is 84.2 Å². The van der Waals surface area contributed by atoms with Gasteiger partial charge in [0, 0.05) is 35.2 Å². The molecule has 38 heavy (non-hydrogen) atoms. The van der Waals surface area contributed by atoms with Crippen LogP contribution in [-0.4, -0.2) is 32.6 Å². The Bertz CT molecular complexity index is 1310. The normalized spacial score (nSPS) is 21.3. The van der Waals surface area contributed by atoms with Gasteiger partial charge in [0.15, 0.2) is 11.6 Å². The second-order valence-corrected chi connectivity index (χ2v) is 11.2. The monoisotopic (exact) mass is 543 g/mol. The summed E-state index contributed by atoms with van der Waals surface area (Å²) in [6.45, 7) is 0. The van der Waals surface area contributed by atoms with Crippen molar-refractivity contribution in [1.82, 2.24) is 14.9 Å². The van der Waals surface area contributed by atoms with E-state index in [4.69, 9.17) is 16.7 Å². The summed E-state index contributed by atoms with van der Waals surface area (Å²) in [4.78, 5) is 29.8. The summed E-state index contributed by atoms with van der Waals surface area (Å²) in [6, 6.07) is 8.57. The van der Waals surface area contributed by atoms with Crippen LogP contribution in [0.2, 0.25) is 5.02 Å². The minimum Gasteiger partial charge on any atom is -0.481 e. The van der Waals surface area contributed by atoms with Gasteiger partial charge in [-0.3, -0.25) is 9.59 Å². The number of carboxylic acid groups (broad SMARTS) is 1. The standard InChI is InChI=1S/C29H32ClF2N3O3/c30-20-10-8-19(9-11-20)28-34-24-15-22(31)23(32)16-25(24)35(28)27(18-4-2-1-3-5-18)29(38)33-21-12-6-17(7-13-21)14-26(36)37/h8-11,15-18,21,27H,1-7,12-14H2,(H,33,38)(H,36,37)/t17-,21-,27?. The molecule has 3 aromatic rings. The highest BCUT2D eigenvalue weighted by Crippen LogP contribution is 2.39. The average molecular weight is 544 g/mol. The molecule has 1 unspecified atom stereocenters. The van der Waals surface area contributed by atoms with Crippen LogP contribution in [0.15, 0.2) is 36.4 Å². The number of aliphatic carboxylic acids is 1. The minimum absolute atomic E-state index is 0.0173. The van der Waals surface area contributed by atoms with E-state index in [1.165, 1.54) is 0 Å². The lowest BCUT2D eigenvalue weighted by atomic mass is 9.82. The maximum Gasteiger partial charge on any atom is 0.303 e. The van der Waals surface area contributed by atoms with Crippen LogP contribution in [0.5, 0.6) is 0 Å². The molecule has 0 radical (unpaired) electrons. The molecular formula is C29H32ClF2N3O3. The maximum absolute atomic E-state index is 14.5. The van der Waals surface area contributed by atoms with Crippen LogP contribution >= 0.6 is 11.6 Å². The van der Waals surface area contributed by atoms with E-state index in [-0.39, 0.29) is 35.7 Å². The van der Waals surface area contributed by atoms with Crippen molar-refractivity contribution in [2.24, 2.45) is 11.8 Å². The molecule has 6 nitrogen and oxygen atoms in total. The van der Waals surface area contributed by atoms with E-state index in [1.807, 2.05) is 0 Å². The number of halogens is 3. The van der Waals surface area contributed by atoms with Gasteiger partial charge in [-0.25, -0.2) is 13.8 Å². The number of nitrogens with one attached hydrogen (secondary N) is 1. The summed E-state index contributed by atoms with van der Waals surface area (Å²) in [5.74, 6) is -2.30. The first-order chi connectivity index (χ1) is 18.3. The third-order valence-electron chi connectivity index (χ3n) is 8.13. The predicted octanol–water partition coefficient (Wildman–Crippen LogP) is 6.91. The van der Waals surface area contributed by atoms with Gasteiger partial charge in [0.25, 0.3) is 0 Å². The van der Waals surface area contributed by atoms with Crippen molar-refractivity contribution in [3.63, 3.8) is 0 Å². The molecule has 2 N–H and O–H groups in total. The van der Waals surface area contributed by atoms with E-state index < -0.39 is 23.6 Å². The van der Waals surface area contributed by atoms with E-state index in [0.29, 0.717) is 21.9 Å². The third kappa shape index (κ3) is 5.70. The van der Waals surface area contributed by atoms with Gasteiger partial charge in [-0.05, 0) is 74.6 Å². The fraction of sp³-hybridized carbons (Fsp3) is 0.483. The highest BCUT2D eigenvalue weighted by molar-refractivity contribution is 6.30. The van der Waals surface area contributed by atoms with Gasteiger partial charge in [-0.15, -0.1) is 0 Å². The summed E-state index contributed by atoms with van der Waals surface area (Å²) in [7, 11) is 0. The van der Waals surface area contributed by atoms with E-state index in [9.17, 15) is 18.4 Å². The van der Waals surface area contributed by atoms with Crippen molar-refractivity contribution >= 4 is 34.5 Å². The number of carbonyl (C=O) groups is 2. The predicted molar refractivity (Wildman–Crippen MR) is 142 cm³/mol. The summed E-state index contributed by atoms with van der Waals surface area (Å²) < 4.78 is 30.5. The van der Waals surface area contributed by atoms with Crippen LogP contribution in [0.25, 0.3) is 22.4 Å². The van der Waals surface area contributed by atoms with Gasteiger partial charge in [-0.2, -0.15) is 0 Å². The molecule has 202 valence electrons. The molecule has 2 aliphatic carbocycles. The van der Waals surface area contributed by atoms with Crippen molar-refractivity contribution in [3.05, 3.63) is 53.1 Å². The zero-order valence-electron chi connectivity index (χ0n) is 21.1. The molecule has 0 saturated heterocycles. The first-order valence-corrected chi connectivity index (χ1v) is 13.8. The van der Waals surface area contributed by atoms with Crippen molar-refractivity contribution in [3.8, 4) is 11.4 Å². The molecule has 1 atom stereocenters. The van der Waals surface area contributed by atoms with E-state index in [1.54, 1.807) is 28.8 Å². The molecule has 2 aliphatic rings. The molecule has 1 amide bonds. The van der Waals surface area contributed by atoms with Crippen molar-refractivity contribution < 1.29 is 23.5 Å². The number of hydrogen-bond donors (Lipinski definition) is 2. The van der Waals surface area contributed by atoms with Gasteiger partial charge < -0.3 is 15.0 Å². The van der Waals surface area contributed by atoms with Crippen molar-refractivity contribution in [2.45, 2.75) is 76.3 Å². The van der Waals surface area contributed by atoms with Crippen LogP contribution in [0.3, 0.4) is 0 Å². The Labute approximate surface area is 225 Å². The molecule has 9 heteroatoms. The number of fused-ring (bicyclic) bond motifs is 1. The molecule has 5 rings (SSSR count). The zero-order valence-corrected chi connectivity index (χ0v) is 21.9. The van der Waals surface area contributed by atoms with Gasteiger partial charge in [0.05, 0.1) is 11.0 Å². The van der Waals surface area contributed by atoms with E-state index in [2.05, 4.69) is 10.3 Å². The van der Waals surface area contributed by atoms with Crippen LogP contribution in [0.4, 0.5) is 8.78 Å². The SMILES string of the molecule is O=C(O)C[C@H]1CC[C@H](NC(=O)C(C2CCCCC2)n2c(-c3ccc(Cl)cc3)nc3cc(F)c(F)cc32)CC1. The van der Waals surface area contributed by atoms with E-state index >= 15 is 0 Å². The fourth-order valence-electron chi connectivity index (χ4n) is 6.21. The maximum atomic E-state index is 14.5. The summed E-state index contributed by atoms with van der Waals surface area (Å²) in [5.41, 5.74) is 1.37. The smallest absolute Gasteiger partial charge is 0.303 e. The molecule has 0 spiro atoms. The summed E-state index contributed by atoms with van der Waals surface area (Å²) in [6.07, 6.45) is 7.90. The lowest BCUT2D eigenvalue weighted by Crippen LogP contribution is -2.44. The Kier molecular flexibility index (Phi) is 7.98. The van der Waals surface area contributed by atoms with Gasteiger partial charge in [-0.1, -0.05) is 30.9 Å². The average Bonchev–Trinajstić information content (AvgIpc) is 3.24. The fourth-order valence-corrected chi connectivity index (χ4v) is 6.34. The number of carbonyl (C=O) groups excluding carboxylic acids is 1. The molecule has 1 aromatic heterocycles. The van der Waals surface area contributed by atoms with Gasteiger partial charge in [0.2, 0.25) is 5.91 Å². The zero-order chi connectivity index (χ0) is 26.8. The molecule has 2 aromatic carbocycles. The number of nitrogens with zero attached hydrogens (tertiary/aromatic N) is 2. The highest BCUT2D eigenvalue weighted by atomic mass is 35.5. The van der Waals surface area contributed by atoms with Gasteiger partial charge in [0.1, 0.15) is 11.9 Å². The molecule has 1 heterocycles. The summed E-state index contributed by atoms with van der Waals surface area (Å²) >= 11 is 6.12. The number of rotatable bonds is 7. The third-order valence-corrected chi connectivity index (χ3v) is 8.39.